The number of rotatable bonds is 6. The second-order valence-electron chi connectivity index (χ2n) is 7.67. The number of halogens is 4. The van der Waals surface area contributed by atoms with Crippen molar-refractivity contribution in [2.45, 2.75) is 24.4 Å². The summed E-state index contributed by atoms with van der Waals surface area (Å²) in [6, 6.07) is 16.6. The smallest absolute Gasteiger partial charge is 0.416 e. The van der Waals surface area contributed by atoms with Crippen LogP contribution in [0.5, 0.6) is 0 Å². The quantitative estimate of drug-likeness (QED) is 0.326. The topological polar surface area (TPSA) is 86.3 Å². The van der Waals surface area contributed by atoms with E-state index in [0.717, 1.165) is 23.9 Å². The van der Waals surface area contributed by atoms with Crippen LogP contribution in [0.3, 0.4) is 0 Å². The van der Waals surface area contributed by atoms with Crippen molar-refractivity contribution in [3.8, 4) is 6.07 Å². The second-order valence-corrected chi connectivity index (χ2v) is 9.30. The minimum absolute atomic E-state index is 0.00906. The SMILES string of the molecule is N#C/C(C(=O)NCc1ccco1)=C1/SC(Cc2cc(Cl)ccc2C(F)(F)F)C(=O)N1c1ccccc1. The third kappa shape index (κ3) is 5.42. The molecule has 0 spiro atoms. The van der Waals surface area contributed by atoms with Gasteiger partial charge in [-0.15, -0.1) is 0 Å². The highest BCUT2D eigenvalue weighted by Gasteiger charge is 2.42. The molecule has 11 heteroatoms. The first-order chi connectivity index (χ1) is 17.2. The molecule has 6 nitrogen and oxygen atoms in total. The molecule has 0 saturated carbocycles. The number of thioether (sulfide) groups is 1. The first-order valence-electron chi connectivity index (χ1n) is 10.5. The molecule has 1 fully saturated rings. The standard InChI is InChI=1S/C25H17ClF3N3O3S/c26-16-8-9-20(25(27,28)29)15(11-16)12-21-23(34)32(17-5-2-1-3-6-17)24(36-21)19(13-30)22(33)31-14-18-7-4-10-35-18/h1-11,21H,12,14H2,(H,31,33)/b24-19-. The predicted octanol–water partition coefficient (Wildman–Crippen LogP) is 5.69. The number of carbonyl (C=O) groups excluding carboxylic acids is 2. The Morgan fingerprint density at radius 2 is 1.92 bits per heavy atom. The van der Waals surface area contributed by atoms with Crippen molar-refractivity contribution < 1.29 is 27.2 Å². The van der Waals surface area contributed by atoms with Crippen LogP contribution in [0.2, 0.25) is 5.02 Å². The van der Waals surface area contributed by atoms with E-state index < -0.39 is 28.8 Å². The molecule has 0 bridgehead atoms. The highest BCUT2D eigenvalue weighted by Crippen LogP contribution is 2.43. The van der Waals surface area contributed by atoms with Gasteiger partial charge in [-0.25, -0.2) is 0 Å². The van der Waals surface area contributed by atoms with Gasteiger partial charge in [0.2, 0.25) is 5.91 Å². The fraction of sp³-hybridized carbons (Fsp3) is 0.160. The summed E-state index contributed by atoms with van der Waals surface area (Å²) in [5.74, 6) is -0.843. The van der Waals surface area contributed by atoms with Gasteiger partial charge in [0.05, 0.1) is 23.6 Å². The molecule has 0 radical (unpaired) electrons. The van der Waals surface area contributed by atoms with E-state index >= 15 is 0 Å². The Balaban J connectivity index is 1.71. The van der Waals surface area contributed by atoms with Gasteiger partial charge in [-0.3, -0.25) is 14.5 Å². The maximum atomic E-state index is 13.6. The van der Waals surface area contributed by atoms with E-state index in [2.05, 4.69) is 5.32 Å². The molecule has 2 heterocycles. The fourth-order valence-corrected chi connectivity index (χ4v) is 5.17. The van der Waals surface area contributed by atoms with Crippen LogP contribution < -0.4 is 10.2 Å². The van der Waals surface area contributed by atoms with E-state index in [1.807, 2.05) is 6.07 Å². The third-order valence-corrected chi connectivity index (χ3v) is 6.80. The van der Waals surface area contributed by atoms with Gasteiger partial charge in [-0.1, -0.05) is 41.6 Å². The van der Waals surface area contributed by atoms with Gasteiger partial charge in [0.1, 0.15) is 22.4 Å². The van der Waals surface area contributed by atoms with Crippen molar-refractivity contribution in [2.75, 3.05) is 4.90 Å². The van der Waals surface area contributed by atoms with Crippen LogP contribution in [0.1, 0.15) is 16.9 Å². The molecular weight excluding hydrogens is 515 g/mol. The lowest BCUT2D eigenvalue weighted by Gasteiger charge is -2.19. The summed E-state index contributed by atoms with van der Waals surface area (Å²) in [6.07, 6.45) is -3.52. The molecule has 1 atom stereocenters. The van der Waals surface area contributed by atoms with Gasteiger partial charge in [0.15, 0.2) is 0 Å². The van der Waals surface area contributed by atoms with E-state index in [0.29, 0.717) is 11.4 Å². The van der Waals surface area contributed by atoms with Crippen LogP contribution in [0.25, 0.3) is 0 Å². The number of alkyl halides is 3. The first kappa shape index (κ1) is 25.4. The average Bonchev–Trinajstić information content (AvgIpc) is 3.46. The van der Waals surface area contributed by atoms with Crippen LogP contribution in [-0.2, 0) is 28.7 Å². The molecule has 1 aliphatic rings. The molecular formula is C25H17ClF3N3O3S. The van der Waals surface area contributed by atoms with Crippen molar-refractivity contribution in [1.82, 2.24) is 5.32 Å². The number of furan rings is 1. The number of hydrogen-bond acceptors (Lipinski definition) is 5. The molecule has 1 aromatic heterocycles. The van der Waals surface area contributed by atoms with E-state index in [1.54, 1.807) is 42.5 Å². The Labute approximate surface area is 213 Å². The van der Waals surface area contributed by atoms with Gasteiger partial charge in [0.25, 0.3) is 5.91 Å². The molecule has 1 saturated heterocycles. The Morgan fingerprint density at radius 1 is 1.17 bits per heavy atom. The van der Waals surface area contributed by atoms with Gasteiger partial charge in [-0.05, 0) is 54.4 Å². The largest absolute Gasteiger partial charge is 0.467 e. The number of nitrogens with zero attached hydrogens (tertiary/aromatic N) is 2. The molecule has 2 aromatic carbocycles. The van der Waals surface area contributed by atoms with E-state index in [9.17, 15) is 28.0 Å². The Morgan fingerprint density at radius 3 is 2.56 bits per heavy atom. The highest BCUT2D eigenvalue weighted by molar-refractivity contribution is 8.05. The lowest BCUT2D eigenvalue weighted by molar-refractivity contribution is -0.138. The van der Waals surface area contributed by atoms with Crippen LogP contribution in [-0.4, -0.2) is 17.1 Å². The van der Waals surface area contributed by atoms with Gasteiger partial charge >= 0.3 is 6.18 Å². The van der Waals surface area contributed by atoms with E-state index in [4.69, 9.17) is 16.0 Å². The first-order valence-corrected chi connectivity index (χ1v) is 11.8. The summed E-state index contributed by atoms with van der Waals surface area (Å²) in [5, 5.41) is 11.5. The number of amides is 2. The number of carbonyl (C=O) groups is 2. The summed E-state index contributed by atoms with van der Waals surface area (Å²) in [6.45, 7) is 0.00906. The minimum atomic E-state index is -4.65. The molecule has 0 aliphatic carbocycles. The van der Waals surface area contributed by atoms with Crippen LogP contribution in [0, 0.1) is 11.3 Å². The molecule has 1 N–H and O–H groups in total. The molecule has 2 amide bonds. The summed E-state index contributed by atoms with van der Waals surface area (Å²) in [5.41, 5.74) is -1.02. The molecule has 3 aromatic rings. The van der Waals surface area contributed by atoms with Crippen molar-refractivity contribution >= 4 is 40.9 Å². The van der Waals surface area contributed by atoms with Gasteiger partial charge < -0.3 is 9.73 Å². The fourth-order valence-electron chi connectivity index (χ4n) is 3.68. The zero-order valence-corrected chi connectivity index (χ0v) is 20.0. The highest BCUT2D eigenvalue weighted by atomic mass is 35.5. The number of anilines is 1. The normalized spacial score (nSPS) is 17.1. The predicted molar refractivity (Wildman–Crippen MR) is 129 cm³/mol. The van der Waals surface area contributed by atoms with Crippen LogP contribution >= 0.6 is 23.4 Å². The second kappa shape index (κ2) is 10.5. The number of hydrogen-bond donors (Lipinski definition) is 1. The molecule has 184 valence electrons. The van der Waals surface area contributed by atoms with Crippen LogP contribution in [0.15, 0.2) is 81.9 Å². The molecule has 36 heavy (non-hydrogen) atoms. The van der Waals surface area contributed by atoms with Crippen molar-refractivity contribution in [1.29, 1.82) is 5.26 Å². The Bertz CT molecular complexity index is 1350. The van der Waals surface area contributed by atoms with E-state index in [-0.39, 0.29) is 34.2 Å². The van der Waals surface area contributed by atoms with Crippen LogP contribution in [0.4, 0.5) is 18.9 Å². The number of nitrogens with one attached hydrogen (secondary N) is 1. The van der Waals surface area contributed by atoms with Gasteiger partial charge in [0, 0.05) is 10.7 Å². The monoisotopic (exact) mass is 531 g/mol. The maximum absolute atomic E-state index is 13.6. The zero-order chi connectivity index (χ0) is 25.9. The summed E-state index contributed by atoms with van der Waals surface area (Å²) < 4.78 is 46.0. The van der Waals surface area contributed by atoms with Crippen molar-refractivity contribution in [3.05, 3.63) is 99.4 Å². The van der Waals surface area contributed by atoms with Crippen molar-refractivity contribution in [3.63, 3.8) is 0 Å². The minimum Gasteiger partial charge on any atom is -0.467 e. The summed E-state index contributed by atoms with van der Waals surface area (Å²) in [7, 11) is 0. The third-order valence-electron chi connectivity index (χ3n) is 5.30. The Hall–Kier alpha value is -3.68. The lowest BCUT2D eigenvalue weighted by atomic mass is 10.0. The summed E-state index contributed by atoms with van der Waals surface area (Å²) in [4.78, 5) is 27.5. The zero-order valence-electron chi connectivity index (χ0n) is 18.4. The number of benzene rings is 2. The van der Waals surface area contributed by atoms with Crippen molar-refractivity contribution in [2.24, 2.45) is 0 Å². The number of para-hydroxylation sites is 1. The summed E-state index contributed by atoms with van der Waals surface area (Å²) >= 11 is 6.82. The lowest BCUT2D eigenvalue weighted by Crippen LogP contribution is -2.32. The Kier molecular flexibility index (Phi) is 7.43. The molecule has 1 aliphatic heterocycles. The molecule has 1 unspecified atom stereocenters. The van der Waals surface area contributed by atoms with E-state index in [1.165, 1.54) is 17.2 Å². The maximum Gasteiger partial charge on any atom is 0.416 e. The van der Waals surface area contributed by atoms with Gasteiger partial charge in [-0.2, -0.15) is 18.4 Å². The number of nitriles is 1. The average molecular weight is 532 g/mol. The molecule has 4 rings (SSSR count).